The first-order chi connectivity index (χ1) is 6.66. The van der Waals surface area contributed by atoms with E-state index in [0.29, 0.717) is 27.8 Å². The molecule has 4 atom stereocenters. The molecule has 0 spiro atoms. The van der Waals surface area contributed by atoms with Crippen LogP contribution in [0.25, 0.3) is 0 Å². The molecular weight excluding hydrogens is 287 g/mol. The topological polar surface area (TPSA) is 24.1 Å². The third kappa shape index (κ3) is 1.08. The smallest absolute Gasteiger partial charge is 0.0524 e. The Labute approximate surface area is 98.4 Å². The fourth-order valence-corrected chi connectivity index (χ4v) is 4.43. The SMILES string of the molecule is CC1=CC2C3C=C(C)NC3C(I)C2N1. The normalized spacial score (nSPS) is 48.9. The Hall–Kier alpha value is -0.190. The van der Waals surface area contributed by atoms with Gasteiger partial charge in [0.15, 0.2) is 0 Å². The minimum absolute atomic E-state index is 0.655. The van der Waals surface area contributed by atoms with Crippen molar-refractivity contribution in [2.45, 2.75) is 29.9 Å². The van der Waals surface area contributed by atoms with Crippen molar-refractivity contribution in [2.75, 3.05) is 0 Å². The molecule has 0 aromatic rings. The summed E-state index contributed by atoms with van der Waals surface area (Å²) in [5.74, 6) is 1.43. The Morgan fingerprint density at radius 3 is 1.86 bits per heavy atom. The van der Waals surface area contributed by atoms with Crippen molar-refractivity contribution >= 4 is 22.6 Å². The number of halogens is 1. The third-order valence-electron chi connectivity index (χ3n) is 3.63. The van der Waals surface area contributed by atoms with E-state index in [1.807, 2.05) is 0 Å². The van der Waals surface area contributed by atoms with Crippen LogP contribution in [0.3, 0.4) is 0 Å². The predicted octanol–water partition coefficient (Wildman–Crippen LogP) is 1.79. The monoisotopic (exact) mass is 302 g/mol. The van der Waals surface area contributed by atoms with E-state index < -0.39 is 0 Å². The fraction of sp³-hybridized carbons (Fsp3) is 0.636. The largest absolute Gasteiger partial charge is 0.384 e. The Morgan fingerprint density at radius 2 is 1.43 bits per heavy atom. The molecule has 2 nitrogen and oxygen atoms in total. The van der Waals surface area contributed by atoms with Gasteiger partial charge >= 0.3 is 0 Å². The van der Waals surface area contributed by atoms with Crippen LogP contribution in [-0.4, -0.2) is 16.0 Å². The average Bonchev–Trinajstić information content (AvgIpc) is 2.71. The van der Waals surface area contributed by atoms with Gasteiger partial charge in [0.25, 0.3) is 0 Å². The van der Waals surface area contributed by atoms with Crippen molar-refractivity contribution in [3.05, 3.63) is 23.5 Å². The maximum absolute atomic E-state index is 3.59. The average molecular weight is 302 g/mol. The van der Waals surface area contributed by atoms with E-state index in [-0.39, 0.29) is 0 Å². The van der Waals surface area contributed by atoms with Crippen LogP contribution in [0.4, 0.5) is 0 Å². The molecule has 2 heterocycles. The maximum Gasteiger partial charge on any atom is 0.0524 e. The maximum atomic E-state index is 3.59. The zero-order valence-corrected chi connectivity index (χ0v) is 10.6. The van der Waals surface area contributed by atoms with Gasteiger partial charge in [-0.15, -0.1) is 0 Å². The molecule has 0 bridgehead atoms. The quantitative estimate of drug-likeness (QED) is 0.526. The van der Waals surface area contributed by atoms with E-state index in [0.717, 1.165) is 0 Å². The summed E-state index contributed by atoms with van der Waals surface area (Å²) in [6, 6.07) is 1.31. The molecule has 3 aliphatic rings. The van der Waals surface area contributed by atoms with Gasteiger partial charge in [0.05, 0.1) is 3.92 Å². The van der Waals surface area contributed by atoms with Crippen LogP contribution in [0.2, 0.25) is 0 Å². The molecule has 0 amide bonds. The molecule has 3 heteroatoms. The van der Waals surface area contributed by atoms with Crippen LogP contribution in [-0.2, 0) is 0 Å². The van der Waals surface area contributed by atoms with E-state index in [9.17, 15) is 0 Å². The first-order valence-corrected chi connectivity index (χ1v) is 6.45. The van der Waals surface area contributed by atoms with Crippen molar-refractivity contribution in [2.24, 2.45) is 11.8 Å². The third-order valence-corrected chi connectivity index (χ3v) is 5.18. The highest BCUT2D eigenvalue weighted by Gasteiger charge is 2.51. The number of fused-ring (bicyclic) bond motifs is 3. The highest BCUT2D eigenvalue weighted by atomic mass is 127. The van der Waals surface area contributed by atoms with Crippen LogP contribution in [0.1, 0.15) is 13.8 Å². The van der Waals surface area contributed by atoms with E-state index in [1.54, 1.807) is 0 Å². The highest BCUT2D eigenvalue weighted by Crippen LogP contribution is 2.45. The second-order valence-corrected chi connectivity index (χ2v) is 6.08. The number of rotatable bonds is 0. The lowest BCUT2D eigenvalue weighted by atomic mass is 9.94. The molecule has 2 N–H and O–H groups in total. The van der Waals surface area contributed by atoms with Crippen LogP contribution < -0.4 is 10.6 Å². The summed E-state index contributed by atoms with van der Waals surface area (Å²) in [4.78, 5) is 0. The number of hydrogen-bond donors (Lipinski definition) is 2. The van der Waals surface area contributed by atoms with Gasteiger partial charge in [0, 0.05) is 35.3 Å². The molecule has 3 rings (SSSR count). The molecule has 4 unspecified atom stereocenters. The predicted molar refractivity (Wildman–Crippen MR) is 66.1 cm³/mol. The Balaban J connectivity index is 1.95. The van der Waals surface area contributed by atoms with Gasteiger partial charge < -0.3 is 10.6 Å². The second-order valence-electron chi connectivity index (χ2n) is 4.64. The highest BCUT2D eigenvalue weighted by molar-refractivity contribution is 14.1. The van der Waals surface area contributed by atoms with Gasteiger partial charge in [-0.05, 0) is 13.8 Å². The summed E-state index contributed by atoms with van der Waals surface area (Å²) < 4.78 is 0.699. The molecule has 2 aliphatic heterocycles. The van der Waals surface area contributed by atoms with Crippen molar-refractivity contribution in [1.82, 2.24) is 10.6 Å². The molecule has 0 aromatic carbocycles. The molecule has 1 fully saturated rings. The first kappa shape index (κ1) is 9.07. The lowest BCUT2D eigenvalue weighted by molar-refractivity contribution is 0.488. The number of alkyl halides is 1. The lowest BCUT2D eigenvalue weighted by Gasteiger charge is -2.20. The number of allylic oxidation sites excluding steroid dienone is 2. The molecule has 1 saturated carbocycles. The lowest BCUT2D eigenvalue weighted by Crippen LogP contribution is -2.39. The van der Waals surface area contributed by atoms with E-state index >= 15 is 0 Å². The van der Waals surface area contributed by atoms with Crippen molar-refractivity contribution in [3.63, 3.8) is 0 Å². The summed E-state index contributed by atoms with van der Waals surface area (Å²) >= 11 is 2.59. The molecule has 1 aliphatic carbocycles. The Morgan fingerprint density at radius 1 is 1.00 bits per heavy atom. The fourth-order valence-electron chi connectivity index (χ4n) is 3.11. The van der Waals surface area contributed by atoms with Crippen molar-refractivity contribution < 1.29 is 0 Å². The van der Waals surface area contributed by atoms with E-state index in [4.69, 9.17) is 0 Å². The van der Waals surface area contributed by atoms with Crippen molar-refractivity contribution in [3.8, 4) is 0 Å². The van der Waals surface area contributed by atoms with E-state index in [2.05, 4.69) is 59.2 Å². The van der Waals surface area contributed by atoms with Crippen LogP contribution >= 0.6 is 22.6 Å². The van der Waals surface area contributed by atoms with Gasteiger partial charge in [-0.2, -0.15) is 0 Å². The summed E-state index contributed by atoms with van der Waals surface area (Å²) in [5, 5.41) is 7.19. The van der Waals surface area contributed by atoms with Gasteiger partial charge in [0.1, 0.15) is 0 Å². The summed E-state index contributed by atoms with van der Waals surface area (Å²) in [5.41, 5.74) is 2.72. The van der Waals surface area contributed by atoms with Crippen LogP contribution in [0.15, 0.2) is 23.5 Å². The molecule has 0 aromatic heterocycles. The zero-order valence-electron chi connectivity index (χ0n) is 8.42. The minimum atomic E-state index is 0.655. The van der Waals surface area contributed by atoms with Gasteiger partial charge in [0.2, 0.25) is 0 Å². The second kappa shape index (κ2) is 2.90. The van der Waals surface area contributed by atoms with Crippen LogP contribution in [0, 0.1) is 11.8 Å². The van der Waals surface area contributed by atoms with Gasteiger partial charge in [-0.3, -0.25) is 0 Å². The summed E-state index contributed by atoms with van der Waals surface area (Å²) in [6.07, 6.45) is 4.83. The van der Waals surface area contributed by atoms with Gasteiger partial charge in [-0.25, -0.2) is 0 Å². The standard InChI is InChI=1S/C11H15IN2/c1-5-3-7-8-4-6(2)14-11(8)9(12)10(7)13-5/h3-4,7-11,13-14H,1-2H3. The summed E-state index contributed by atoms with van der Waals surface area (Å²) in [6.45, 7) is 4.35. The van der Waals surface area contributed by atoms with E-state index in [1.165, 1.54) is 11.4 Å². The molecule has 0 saturated heterocycles. The first-order valence-electron chi connectivity index (χ1n) is 5.21. The summed E-state index contributed by atoms with van der Waals surface area (Å²) in [7, 11) is 0. The molecule has 0 radical (unpaired) electrons. The Kier molecular flexibility index (Phi) is 1.88. The van der Waals surface area contributed by atoms with Crippen LogP contribution in [0.5, 0.6) is 0 Å². The molecule has 76 valence electrons. The zero-order chi connectivity index (χ0) is 9.87. The van der Waals surface area contributed by atoms with Gasteiger partial charge in [-0.1, -0.05) is 34.7 Å². The number of hydrogen-bond acceptors (Lipinski definition) is 2. The Bertz CT molecular complexity index is 302. The molecular formula is C11H15IN2. The molecule has 14 heavy (non-hydrogen) atoms. The van der Waals surface area contributed by atoms with Crippen molar-refractivity contribution in [1.29, 1.82) is 0 Å². The minimum Gasteiger partial charge on any atom is -0.384 e. The number of nitrogens with one attached hydrogen (secondary N) is 2.